The number of carbonyl (C=O) groups excluding carboxylic acids is 3. The van der Waals surface area contributed by atoms with Gasteiger partial charge >= 0.3 is 6.03 Å². The molecule has 100 valence electrons. The molecular weight excluding hydrogens is 336 g/mol. The SMILES string of the molecule is CC1(C)C(=O)NC(=O)N(c2ccc(Cl)c(Br)c2)C1=O. The maximum Gasteiger partial charge on any atom is 0.335 e. The number of urea groups is 1. The summed E-state index contributed by atoms with van der Waals surface area (Å²) in [6, 6.07) is 3.89. The highest BCUT2D eigenvalue weighted by atomic mass is 79.9. The summed E-state index contributed by atoms with van der Waals surface area (Å²) >= 11 is 9.09. The minimum Gasteiger partial charge on any atom is -0.276 e. The summed E-state index contributed by atoms with van der Waals surface area (Å²) in [6.45, 7) is 2.93. The van der Waals surface area contributed by atoms with Crippen LogP contribution in [0.3, 0.4) is 0 Å². The molecule has 1 aromatic rings. The third-order valence-electron chi connectivity index (χ3n) is 2.89. The third kappa shape index (κ3) is 2.26. The van der Waals surface area contributed by atoms with Crippen LogP contribution in [0.25, 0.3) is 0 Å². The van der Waals surface area contributed by atoms with E-state index in [1.165, 1.54) is 19.9 Å². The Hall–Kier alpha value is -1.40. The molecule has 2 rings (SSSR count). The number of carbonyl (C=O) groups is 3. The van der Waals surface area contributed by atoms with E-state index in [9.17, 15) is 14.4 Å². The van der Waals surface area contributed by atoms with E-state index < -0.39 is 23.3 Å². The van der Waals surface area contributed by atoms with Crippen molar-refractivity contribution in [2.24, 2.45) is 5.41 Å². The minimum absolute atomic E-state index is 0.347. The molecule has 1 aromatic carbocycles. The first-order chi connectivity index (χ1) is 8.75. The van der Waals surface area contributed by atoms with E-state index in [2.05, 4.69) is 21.2 Å². The second kappa shape index (κ2) is 4.61. The Bertz CT molecular complexity index is 601. The highest BCUT2D eigenvalue weighted by Crippen LogP contribution is 2.32. The van der Waals surface area contributed by atoms with Crippen molar-refractivity contribution in [2.45, 2.75) is 13.8 Å². The van der Waals surface area contributed by atoms with Gasteiger partial charge in [0.2, 0.25) is 11.8 Å². The van der Waals surface area contributed by atoms with Crippen LogP contribution in [0.15, 0.2) is 22.7 Å². The Morgan fingerprint density at radius 1 is 1.26 bits per heavy atom. The maximum absolute atomic E-state index is 12.3. The van der Waals surface area contributed by atoms with E-state index in [-0.39, 0.29) is 0 Å². The van der Waals surface area contributed by atoms with Gasteiger partial charge in [-0.25, -0.2) is 9.69 Å². The number of halogens is 2. The van der Waals surface area contributed by atoms with E-state index in [0.717, 1.165) is 4.90 Å². The molecule has 0 saturated carbocycles. The fraction of sp³-hybridized carbons (Fsp3) is 0.250. The van der Waals surface area contributed by atoms with Gasteiger partial charge in [0, 0.05) is 4.47 Å². The van der Waals surface area contributed by atoms with Crippen LogP contribution in [0, 0.1) is 5.41 Å². The smallest absolute Gasteiger partial charge is 0.276 e. The molecule has 1 aliphatic heterocycles. The molecule has 4 amide bonds. The van der Waals surface area contributed by atoms with Crippen molar-refractivity contribution in [1.82, 2.24) is 5.32 Å². The summed E-state index contributed by atoms with van der Waals surface area (Å²) in [5.41, 5.74) is -0.945. The van der Waals surface area contributed by atoms with Gasteiger partial charge in [-0.05, 0) is 48.0 Å². The molecule has 0 radical (unpaired) electrons. The van der Waals surface area contributed by atoms with Crippen LogP contribution >= 0.6 is 27.5 Å². The van der Waals surface area contributed by atoms with Crippen molar-refractivity contribution in [1.29, 1.82) is 0 Å². The fourth-order valence-corrected chi connectivity index (χ4v) is 2.12. The van der Waals surface area contributed by atoms with Crippen LogP contribution in [0.2, 0.25) is 5.02 Å². The van der Waals surface area contributed by atoms with Gasteiger partial charge in [0.15, 0.2) is 0 Å². The lowest BCUT2D eigenvalue weighted by molar-refractivity contribution is -0.140. The first kappa shape index (κ1) is 14.0. The number of hydrogen-bond donors (Lipinski definition) is 1. The number of hydrogen-bond acceptors (Lipinski definition) is 3. The summed E-state index contributed by atoms with van der Waals surface area (Å²) in [5.74, 6) is -1.18. The summed E-state index contributed by atoms with van der Waals surface area (Å²) in [7, 11) is 0. The van der Waals surface area contributed by atoms with Gasteiger partial charge in [-0.15, -0.1) is 0 Å². The van der Waals surface area contributed by atoms with E-state index in [0.29, 0.717) is 15.2 Å². The zero-order chi connectivity index (χ0) is 14.4. The van der Waals surface area contributed by atoms with Crippen molar-refractivity contribution < 1.29 is 14.4 Å². The molecule has 1 aliphatic rings. The Labute approximate surface area is 123 Å². The number of imide groups is 2. The predicted octanol–water partition coefficient (Wildman–Crippen LogP) is 2.71. The van der Waals surface area contributed by atoms with Crippen molar-refractivity contribution in [3.8, 4) is 0 Å². The average molecular weight is 346 g/mol. The van der Waals surface area contributed by atoms with E-state index >= 15 is 0 Å². The topological polar surface area (TPSA) is 66.5 Å². The van der Waals surface area contributed by atoms with Crippen molar-refractivity contribution in [3.63, 3.8) is 0 Å². The van der Waals surface area contributed by atoms with Crippen LogP contribution < -0.4 is 10.2 Å². The van der Waals surface area contributed by atoms with Crippen molar-refractivity contribution >= 4 is 51.1 Å². The summed E-state index contributed by atoms with van der Waals surface area (Å²) in [4.78, 5) is 36.6. The van der Waals surface area contributed by atoms with Crippen molar-refractivity contribution in [3.05, 3.63) is 27.7 Å². The minimum atomic E-state index is -1.29. The molecule has 1 N–H and O–H groups in total. The molecule has 0 atom stereocenters. The molecule has 0 aromatic heterocycles. The second-order valence-corrected chi connectivity index (χ2v) is 5.88. The third-order valence-corrected chi connectivity index (χ3v) is 4.10. The van der Waals surface area contributed by atoms with E-state index in [1.54, 1.807) is 12.1 Å². The number of benzene rings is 1. The van der Waals surface area contributed by atoms with Crippen LogP contribution in [0.1, 0.15) is 13.8 Å². The van der Waals surface area contributed by atoms with E-state index in [1.807, 2.05) is 0 Å². The van der Waals surface area contributed by atoms with Crippen LogP contribution in [-0.4, -0.2) is 17.8 Å². The lowest BCUT2D eigenvalue weighted by Crippen LogP contribution is -2.62. The first-order valence-corrected chi connectivity index (χ1v) is 6.57. The summed E-state index contributed by atoms with van der Waals surface area (Å²) in [6.07, 6.45) is 0. The molecule has 0 spiro atoms. The molecule has 5 nitrogen and oxygen atoms in total. The van der Waals surface area contributed by atoms with Crippen LogP contribution in [0.5, 0.6) is 0 Å². The summed E-state index contributed by atoms with van der Waals surface area (Å²) < 4.78 is 0.557. The molecule has 7 heteroatoms. The van der Waals surface area contributed by atoms with E-state index in [4.69, 9.17) is 11.6 Å². The quantitative estimate of drug-likeness (QED) is 0.796. The number of nitrogens with one attached hydrogen (secondary N) is 1. The molecule has 1 saturated heterocycles. The number of nitrogens with zero attached hydrogens (tertiary/aromatic N) is 1. The molecule has 19 heavy (non-hydrogen) atoms. The van der Waals surface area contributed by atoms with Crippen molar-refractivity contribution in [2.75, 3.05) is 4.90 Å². The lowest BCUT2D eigenvalue weighted by atomic mass is 9.88. The Morgan fingerprint density at radius 3 is 2.47 bits per heavy atom. The maximum atomic E-state index is 12.3. The largest absolute Gasteiger partial charge is 0.335 e. The molecular formula is C12H10BrClN2O3. The Morgan fingerprint density at radius 2 is 1.89 bits per heavy atom. The zero-order valence-corrected chi connectivity index (χ0v) is 12.5. The number of amides is 4. The van der Waals surface area contributed by atoms with Crippen LogP contribution in [0.4, 0.5) is 10.5 Å². The normalized spacial score (nSPS) is 18.5. The number of anilines is 1. The van der Waals surface area contributed by atoms with Crippen LogP contribution in [-0.2, 0) is 9.59 Å². The number of barbiturate groups is 1. The summed E-state index contributed by atoms with van der Waals surface area (Å²) in [5, 5.41) is 2.62. The average Bonchev–Trinajstić information content (AvgIpc) is 2.32. The molecule has 1 heterocycles. The fourth-order valence-electron chi connectivity index (χ4n) is 1.64. The van der Waals surface area contributed by atoms with Gasteiger partial charge < -0.3 is 0 Å². The standard InChI is InChI=1S/C12H10BrClN2O3/c1-12(2)9(17)15-11(19)16(10(12)18)6-3-4-8(14)7(13)5-6/h3-5H,1-2H3,(H,15,17,19). The first-order valence-electron chi connectivity index (χ1n) is 5.40. The monoisotopic (exact) mass is 344 g/mol. The van der Waals surface area contributed by atoms with Gasteiger partial charge in [0.05, 0.1) is 10.7 Å². The van der Waals surface area contributed by atoms with Gasteiger partial charge in [0.25, 0.3) is 0 Å². The molecule has 0 unspecified atom stereocenters. The second-order valence-electron chi connectivity index (χ2n) is 4.62. The Kier molecular flexibility index (Phi) is 3.40. The highest BCUT2D eigenvalue weighted by molar-refractivity contribution is 9.10. The molecule has 1 fully saturated rings. The highest BCUT2D eigenvalue weighted by Gasteiger charge is 2.47. The zero-order valence-electron chi connectivity index (χ0n) is 10.2. The Balaban J connectivity index is 2.48. The molecule has 0 bridgehead atoms. The van der Waals surface area contributed by atoms with Gasteiger partial charge in [-0.2, -0.15) is 0 Å². The number of rotatable bonds is 1. The van der Waals surface area contributed by atoms with Gasteiger partial charge in [-0.1, -0.05) is 11.6 Å². The van der Waals surface area contributed by atoms with Gasteiger partial charge in [-0.3, -0.25) is 14.9 Å². The molecule has 0 aliphatic carbocycles. The van der Waals surface area contributed by atoms with Gasteiger partial charge in [0.1, 0.15) is 5.41 Å². The lowest BCUT2D eigenvalue weighted by Gasteiger charge is -2.34. The predicted molar refractivity (Wildman–Crippen MR) is 74.0 cm³/mol.